The predicted octanol–water partition coefficient (Wildman–Crippen LogP) is 2.77. The first kappa shape index (κ1) is 10.3. The minimum Gasteiger partial charge on any atom is -0.397 e. The first-order chi connectivity index (χ1) is 6.24. The molecule has 0 aliphatic carbocycles. The fourth-order valence-electron chi connectivity index (χ4n) is 0.979. The van der Waals surface area contributed by atoms with E-state index in [0.717, 1.165) is 28.8 Å². The molecule has 0 saturated heterocycles. The van der Waals surface area contributed by atoms with E-state index in [4.69, 9.17) is 5.73 Å². The van der Waals surface area contributed by atoms with Crippen molar-refractivity contribution in [2.24, 2.45) is 0 Å². The molecule has 70 valence electrons. The Bertz CT molecular complexity index is 308. The predicted molar refractivity (Wildman–Crippen MR) is 60.8 cm³/mol. The number of aromatic nitrogens is 1. The summed E-state index contributed by atoms with van der Waals surface area (Å²) in [6.45, 7) is 1.96. The third kappa shape index (κ3) is 3.19. The topological polar surface area (TPSA) is 38.9 Å². The maximum absolute atomic E-state index is 5.75. The highest BCUT2D eigenvalue weighted by molar-refractivity contribution is 9.09. The fourth-order valence-corrected chi connectivity index (χ4v) is 1.24. The Morgan fingerprint density at radius 2 is 2.31 bits per heavy atom. The first-order valence-corrected chi connectivity index (χ1v) is 5.32. The maximum atomic E-state index is 5.75. The van der Waals surface area contributed by atoms with Gasteiger partial charge in [0.1, 0.15) is 0 Å². The van der Waals surface area contributed by atoms with E-state index < -0.39 is 0 Å². The number of nitrogens with zero attached hydrogens (tertiary/aromatic N) is 1. The molecule has 3 heteroatoms. The number of nitrogens with two attached hydrogens (primary N) is 1. The van der Waals surface area contributed by atoms with Gasteiger partial charge in [-0.25, -0.2) is 0 Å². The van der Waals surface area contributed by atoms with Gasteiger partial charge in [-0.2, -0.15) is 0 Å². The molecule has 0 bridgehead atoms. The van der Waals surface area contributed by atoms with E-state index >= 15 is 0 Å². The monoisotopic (exact) mass is 240 g/mol. The lowest BCUT2D eigenvalue weighted by Crippen LogP contribution is -1.93. The zero-order valence-corrected chi connectivity index (χ0v) is 9.21. The summed E-state index contributed by atoms with van der Waals surface area (Å²) in [4.78, 5) is 4.32. The molecule has 0 aliphatic rings. The van der Waals surface area contributed by atoms with Crippen LogP contribution in [0.4, 0.5) is 5.69 Å². The number of halogens is 1. The molecule has 0 aliphatic heterocycles. The van der Waals surface area contributed by atoms with Crippen LogP contribution in [-0.4, -0.2) is 10.3 Å². The van der Waals surface area contributed by atoms with Crippen LogP contribution in [-0.2, 0) is 0 Å². The Kier molecular flexibility index (Phi) is 3.96. The molecule has 0 radical (unpaired) electrons. The lowest BCUT2D eigenvalue weighted by molar-refractivity contribution is 1.18. The minimum atomic E-state index is 0.733. The number of aryl methyl sites for hydroxylation is 1. The van der Waals surface area contributed by atoms with Gasteiger partial charge < -0.3 is 5.73 Å². The molecule has 13 heavy (non-hydrogen) atoms. The normalized spacial score (nSPS) is 10.9. The molecule has 0 amide bonds. The molecule has 0 saturated carbocycles. The van der Waals surface area contributed by atoms with Crippen LogP contribution in [0.1, 0.15) is 17.8 Å². The number of alkyl halides is 1. The van der Waals surface area contributed by atoms with E-state index in [1.165, 1.54) is 0 Å². The molecule has 1 heterocycles. The summed E-state index contributed by atoms with van der Waals surface area (Å²) in [5, 5.41) is 0.967. The number of hydrogen-bond acceptors (Lipinski definition) is 2. The van der Waals surface area contributed by atoms with Crippen LogP contribution in [0.25, 0.3) is 6.08 Å². The minimum absolute atomic E-state index is 0.733. The van der Waals surface area contributed by atoms with Crippen molar-refractivity contribution in [1.82, 2.24) is 4.98 Å². The molecule has 1 aromatic heterocycles. The van der Waals surface area contributed by atoms with Crippen LogP contribution in [0.5, 0.6) is 0 Å². The van der Waals surface area contributed by atoms with E-state index in [1.807, 2.05) is 25.1 Å². The van der Waals surface area contributed by atoms with Crippen molar-refractivity contribution in [3.63, 3.8) is 0 Å². The van der Waals surface area contributed by atoms with Crippen LogP contribution in [0.2, 0.25) is 0 Å². The zero-order chi connectivity index (χ0) is 9.68. The lowest BCUT2D eigenvalue weighted by atomic mass is 10.2. The molecule has 2 N–H and O–H groups in total. The van der Waals surface area contributed by atoms with Gasteiger partial charge in [0.2, 0.25) is 0 Å². The van der Waals surface area contributed by atoms with Crippen molar-refractivity contribution in [3.8, 4) is 0 Å². The molecule has 0 aromatic carbocycles. The Hall–Kier alpha value is -0.830. The second-order valence-electron chi connectivity index (χ2n) is 2.81. The first-order valence-electron chi connectivity index (χ1n) is 4.19. The molecular formula is C10H13BrN2. The smallest absolute Gasteiger partial charge is 0.0858 e. The van der Waals surface area contributed by atoms with Gasteiger partial charge in [0.25, 0.3) is 0 Å². The van der Waals surface area contributed by atoms with Gasteiger partial charge in [0.05, 0.1) is 11.4 Å². The Balaban J connectivity index is 2.81. The Labute approximate surface area is 87.0 Å². The molecule has 0 spiro atoms. The van der Waals surface area contributed by atoms with Gasteiger partial charge in [0, 0.05) is 11.0 Å². The highest BCUT2D eigenvalue weighted by atomic mass is 79.9. The van der Waals surface area contributed by atoms with Crippen molar-refractivity contribution in [2.45, 2.75) is 13.3 Å². The van der Waals surface area contributed by atoms with E-state index in [-0.39, 0.29) is 0 Å². The molecular weight excluding hydrogens is 228 g/mol. The van der Waals surface area contributed by atoms with Crippen molar-refractivity contribution in [3.05, 3.63) is 29.6 Å². The summed E-state index contributed by atoms with van der Waals surface area (Å²) in [5.41, 5.74) is 8.33. The van der Waals surface area contributed by atoms with E-state index in [1.54, 1.807) is 0 Å². The van der Waals surface area contributed by atoms with Gasteiger partial charge >= 0.3 is 0 Å². The molecule has 0 unspecified atom stereocenters. The highest BCUT2D eigenvalue weighted by Crippen LogP contribution is 2.11. The largest absolute Gasteiger partial charge is 0.397 e. The van der Waals surface area contributed by atoms with Gasteiger partial charge in [-0.3, -0.25) is 4.98 Å². The number of nitrogen functional groups attached to an aromatic ring is 1. The average molecular weight is 241 g/mol. The van der Waals surface area contributed by atoms with E-state index in [2.05, 4.69) is 27.0 Å². The maximum Gasteiger partial charge on any atom is 0.0858 e. The van der Waals surface area contributed by atoms with Gasteiger partial charge in [-0.15, -0.1) is 0 Å². The number of pyridine rings is 1. The summed E-state index contributed by atoms with van der Waals surface area (Å²) < 4.78 is 0. The highest BCUT2D eigenvalue weighted by Gasteiger charge is 1.95. The second kappa shape index (κ2) is 5.02. The summed E-state index contributed by atoms with van der Waals surface area (Å²) in [5.74, 6) is 0. The van der Waals surface area contributed by atoms with Crippen molar-refractivity contribution in [2.75, 3.05) is 11.1 Å². The molecule has 0 atom stereocenters. The van der Waals surface area contributed by atoms with Gasteiger partial charge in [-0.05, 0) is 31.6 Å². The van der Waals surface area contributed by atoms with Crippen LogP contribution < -0.4 is 5.73 Å². The summed E-state index contributed by atoms with van der Waals surface area (Å²) in [7, 11) is 0. The van der Waals surface area contributed by atoms with Crippen LogP contribution in [0, 0.1) is 6.92 Å². The average Bonchev–Trinajstić information content (AvgIpc) is 2.11. The van der Waals surface area contributed by atoms with Gasteiger partial charge in [-0.1, -0.05) is 22.0 Å². The molecule has 1 aromatic rings. The quantitative estimate of drug-likeness (QED) is 0.826. The summed E-state index contributed by atoms with van der Waals surface area (Å²) in [6.07, 6.45) is 5.02. The SMILES string of the molecule is Cc1ccc(N)c(C=CCCBr)n1. The molecule has 1 rings (SSSR count). The van der Waals surface area contributed by atoms with Crippen LogP contribution in [0.3, 0.4) is 0 Å². The van der Waals surface area contributed by atoms with Crippen molar-refractivity contribution >= 4 is 27.7 Å². The third-order valence-corrected chi connectivity index (χ3v) is 2.11. The second-order valence-corrected chi connectivity index (χ2v) is 3.60. The Morgan fingerprint density at radius 3 is 3.00 bits per heavy atom. The fraction of sp³-hybridized carbons (Fsp3) is 0.300. The molecule has 2 nitrogen and oxygen atoms in total. The number of allylic oxidation sites excluding steroid dienone is 1. The number of rotatable bonds is 3. The van der Waals surface area contributed by atoms with E-state index in [9.17, 15) is 0 Å². The van der Waals surface area contributed by atoms with Crippen LogP contribution in [0.15, 0.2) is 18.2 Å². The lowest BCUT2D eigenvalue weighted by Gasteiger charge is -1.99. The summed E-state index contributed by atoms with van der Waals surface area (Å²) >= 11 is 3.35. The van der Waals surface area contributed by atoms with Crippen molar-refractivity contribution in [1.29, 1.82) is 0 Å². The van der Waals surface area contributed by atoms with Gasteiger partial charge in [0.15, 0.2) is 0 Å². The van der Waals surface area contributed by atoms with E-state index in [0.29, 0.717) is 0 Å². The Morgan fingerprint density at radius 1 is 1.54 bits per heavy atom. The van der Waals surface area contributed by atoms with Crippen molar-refractivity contribution < 1.29 is 0 Å². The number of anilines is 1. The zero-order valence-electron chi connectivity index (χ0n) is 7.63. The third-order valence-electron chi connectivity index (χ3n) is 1.65. The molecule has 0 fully saturated rings. The standard InChI is InChI=1S/C10H13BrN2/c1-8-5-6-9(12)10(13-8)4-2-3-7-11/h2,4-6H,3,7,12H2,1H3. The summed E-state index contributed by atoms with van der Waals surface area (Å²) in [6, 6.07) is 3.80. The number of hydrogen-bond donors (Lipinski definition) is 1. The van der Waals surface area contributed by atoms with Crippen LogP contribution >= 0.6 is 15.9 Å².